The number of fused-ring (bicyclic) bond motifs is 3. The van der Waals surface area contributed by atoms with Crippen LogP contribution >= 0.6 is 11.6 Å². The second-order valence-electron chi connectivity index (χ2n) is 8.93. The molecule has 11 heteroatoms. The summed E-state index contributed by atoms with van der Waals surface area (Å²) in [5.74, 6) is 1.42. The van der Waals surface area contributed by atoms with Gasteiger partial charge >= 0.3 is 6.09 Å². The van der Waals surface area contributed by atoms with Gasteiger partial charge in [-0.05, 0) is 39.3 Å². The predicted octanol–water partition coefficient (Wildman–Crippen LogP) is 5.74. The van der Waals surface area contributed by atoms with Gasteiger partial charge in [-0.3, -0.25) is 4.40 Å². The van der Waals surface area contributed by atoms with E-state index in [4.69, 9.17) is 30.8 Å². The van der Waals surface area contributed by atoms with Gasteiger partial charge in [0.25, 0.3) is 0 Å². The number of imidazole rings is 1. The molecule has 0 atom stereocenters. The van der Waals surface area contributed by atoms with E-state index < -0.39 is 11.7 Å². The van der Waals surface area contributed by atoms with Crippen LogP contribution in [0.3, 0.4) is 0 Å². The normalized spacial score (nSPS) is 11.9. The summed E-state index contributed by atoms with van der Waals surface area (Å²) in [4.78, 5) is 24.2. The van der Waals surface area contributed by atoms with Crippen LogP contribution in [0.15, 0.2) is 41.7 Å². The Hall–Kier alpha value is -4.05. The summed E-state index contributed by atoms with van der Waals surface area (Å²) < 4.78 is 18.4. The SMILES string of the molecule is COc1cc2nc(N(C(=O)OC(C)(C)C)c3c(C)cccc3Cl)c3cnc(/C=N\O)n3c2cc1OC. The Morgan fingerprint density at radius 3 is 2.47 bits per heavy atom. The fourth-order valence-corrected chi connectivity index (χ4v) is 4.19. The first-order chi connectivity index (χ1) is 17.1. The third kappa shape index (κ3) is 4.47. The highest BCUT2D eigenvalue weighted by atomic mass is 35.5. The molecule has 10 nitrogen and oxygen atoms in total. The van der Waals surface area contributed by atoms with Crippen LogP contribution in [0.5, 0.6) is 11.5 Å². The van der Waals surface area contributed by atoms with Crippen molar-refractivity contribution in [2.45, 2.75) is 33.3 Å². The monoisotopic (exact) mass is 511 g/mol. The molecule has 4 aromatic rings. The number of ether oxygens (including phenoxy) is 3. The first kappa shape index (κ1) is 25.1. The summed E-state index contributed by atoms with van der Waals surface area (Å²) in [5, 5.41) is 12.7. The molecule has 0 aliphatic heterocycles. The van der Waals surface area contributed by atoms with Crippen molar-refractivity contribution < 1.29 is 24.2 Å². The number of carbonyl (C=O) groups excluding carboxylic acids is 1. The van der Waals surface area contributed by atoms with Gasteiger partial charge in [-0.25, -0.2) is 19.7 Å². The number of benzene rings is 2. The Morgan fingerprint density at radius 1 is 1.17 bits per heavy atom. The Kier molecular flexibility index (Phi) is 6.64. The Labute approximate surface area is 212 Å². The lowest BCUT2D eigenvalue weighted by molar-refractivity contribution is 0.0598. The number of para-hydroxylation sites is 1. The molecule has 1 N–H and O–H groups in total. The molecule has 0 radical (unpaired) electrons. The van der Waals surface area contributed by atoms with Gasteiger partial charge in [0.15, 0.2) is 23.1 Å². The zero-order valence-electron chi connectivity index (χ0n) is 20.7. The average Bonchev–Trinajstić information content (AvgIpc) is 3.23. The summed E-state index contributed by atoms with van der Waals surface area (Å²) in [7, 11) is 3.04. The number of nitrogens with zero attached hydrogens (tertiary/aromatic N) is 5. The van der Waals surface area contributed by atoms with Gasteiger partial charge in [-0.1, -0.05) is 28.9 Å². The minimum absolute atomic E-state index is 0.213. The number of halogens is 1. The van der Waals surface area contributed by atoms with Crippen LogP contribution in [-0.2, 0) is 4.74 Å². The van der Waals surface area contributed by atoms with Crippen LogP contribution < -0.4 is 14.4 Å². The first-order valence-electron chi connectivity index (χ1n) is 11.0. The molecule has 0 spiro atoms. The molecule has 2 aromatic carbocycles. The molecule has 1 amide bonds. The van der Waals surface area contributed by atoms with E-state index in [0.29, 0.717) is 44.6 Å². The molecule has 0 fully saturated rings. The number of aryl methyl sites for hydroxylation is 1. The van der Waals surface area contributed by atoms with Crippen LogP contribution in [-0.4, -0.2) is 51.7 Å². The lowest BCUT2D eigenvalue weighted by Gasteiger charge is -2.29. The summed E-state index contributed by atoms with van der Waals surface area (Å²) in [5.41, 5.74) is 1.84. The summed E-state index contributed by atoms with van der Waals surface area (Å²) in [6.07, 6.45) is 2.04. The highest BCUT2D eigenvalue weighted by Gasteiger charge is 2.31. The quantitative estimate of drug-likeness (QED) is 0.206. The number of carbonyl (C=O) groups is 1. The van der Waals surface area contributed by atoms with Crippen molar-refractivity contribution in [3.05, 3.63) is 52.9 Å². The molecular formula is C25H26ClN5O5. The predicted molar refractivity (Wildman–Crippen MR) is 138 cm³/mol. The minimum Gasteiger partial charge on any atom is -0.493 e. The lowest BCUT2D eigenvalue weighted by Crippen LogP contribution is -2.35. The van der Waals surface area contributed by atoms with Crippen molar-refractivity contribution in [2.24, 2.45) is 5.16 Å². The topological polar surface area (TPSA) is 111 Å². The van der Waals surface area contributed by atoms with Crippen molar-refractivity contribution in [1.29, 1.82) is 0 Å². The van der Waals surface area contributed by atoms with Crippen molar-refractivity contribution in [3.8, 4) is 11.5 Å². The second-order valence-corrected chi connectivity index (χ2v) is 9.34. The number of rotatable bonds is 5. The zero-order valence-corrected chi connectivity index (χ0v) is 21.5. The van der Waals surface area contributed by atoms with Crippen molar-refractivity contribution in [1.82, 2.24) is 14.4 Å². The van der Waals surface area contributed by atoms with Crippen molar-refractivity contribution >= 4 is 52.0 Å². The summed E-state index contributed by atoms with van der Waals surface area (Å²) >= 11 is 6.61. The summed E-state index contributed by atoms with van der Waals surface area (Å²) in [6, 6.07) is 8.73. The third-order valence-corrected chi connectivity index (χ3v) is 5.64. The molecule has 0 aliphatic carbocycles. The molecule has 0 saturated heterocycles. The fraction of sp³-hybridized carbons (Fsp3) is 0.280. The van der Waals surface area contributed by atoms with Gasteiger partial charge in [0.05, 0.1) is 42.2 Å². The van der Waals surface area contributed by atoms with E-state index in [-0.39, 0.29) is 5.82 Å². The molecule has 188 valence electrons. The van der Waals surface area contributed by atoms with Gasteiger partial charge in [-0.15, -0.1) is 0 Å². The van der Waals surface area contributed by atoms with Crippen LogP contribution in [0.25, 0.3) is 16.6 Å². The number of oxime groups is 1. The highest BCUT2D eigenvalue weighted by Crippen LogP contribution is 2.40. The second kappa shape index (κ2) is 9.54. The number of hydrogen-bond acceptors (Lipinski definition) is 8. The van der Waals surface area contributed by atoms with E-state index in [2.05, 4.69) is 10.1 Å². The van der Waals surface area contributed by atoms with Gasteiger partial charge in [0, 0.05) is 12.1 Å². The van der Waals surface area contributed by atoms with E-state index >= 15 is 0 Å². The van der Waals surface area contributed by atoms with E-state index in [1.165, 1.54) is 31.5 Å². The smallest absolute Gasteiger partial charge is 0.420 e. The molecule has 0 bridgehead atoms. The maximum Gasteiger partial charge on any atom is 0.420 e. The van der Waals surface area contributed by atoms with E-state index in [0.717, 1.165) is 5.56 Å². The van der Waals surface area contributed by atoms with Gasteiger partial charge in [-0.2, -0.15) is 0 Å². The number of amides is 1. The van der Waals surface area contributed by atoms with Crippen LogP contribution in [0.1, 0.15) is 32.2 Å². The molecule has 0 aliphatic rings. The highest BCUT2D eigenvalue weighted by molar-refractivity contribution is 6.34. The number of hydrogen-bond donors (Lipinski definition) is 1. The maximum absolute atomic E-state index is 13.7. The standard InChI is InChI=1S/C25H26ClN5O5/c1-14-8-7-9-15(26)22(14)31(24(32)36-25(2,3)4)23-18-12-27-21(13-28-33)30(18)17-11-20(35-6)19(34-5)10-16(17)29-23/h7-13,33H,1-6H3/b28-13-. The average molecular weight is 512 g/mol. The zero-order chi connectivity index (χ0) is 26.2. The van der Waals surface area contributed by atoms with Crippen molar-refractivity contribution in [3.63, 3.8) is 0 Å². The molecule has 36 heavy (non-hydrogen) atoms. The molecule has 2 aromatic heterocycles. The maximum atomic E-state index is 13.7. The molecular weight excluding hydrogens is 486 g/mol. The van der Waals surface area contributed by atoms with E-state index in [1.807, 2.05) is 13.0 Å². The lowest BCUT2D eigenvalue weighted by atomic mass is 10.1. The molecule has 4 rings (SSSR count). The summed E-state index contributed by atoms with van der Waals surface area (Å²) in [6.45, 7) is 7.16. The largest absolute Gasteiger partial charge is 0.493 e. The molecule has 0 saturated carbocycles. The van der Waals surface area contributed by atoms with Crippen LogP contribution in [0.4, 0.5) is 16.3 Å². The minimum atomic E-state index is -0.789. The van der Waals surface area contributed by atoms with Gasteiger partial charge < -0.3 is 19.4 Å². The molecule has 2 heterocycles. The van der Waals surface area contributed by atoms with E-state index in [9.17, 15) is 10.0 Å². The Morgan fingerprint density at radius 2 is 1.86 bits per heavy atom. The van der Waals surface area contributed by atoms with Crippen LogP contribution in [0.2, 0.25) is 5.02 Å². The third-order valence-electron chi connectivity index (χ3n) is 5.34. The van der Waals surface area contributed by atoms with Crippen molar-refractivity contribution in [2.75, 3.05) is 19.1 Å². The number of aromatic nitrogens is 3. The van der Waals surface area contributed by atoms with Crippen LogP contribution in [0, 0.1) is 6.92 Å². The van der Waals surface area contributed by atoms with Gasteiger partial charge in [0.1, 0.15) is 17.3 Å². The Bertz CT molecular complexity index is 1470. The molecule has 0 unspecified atom stereocenters. The first-order valence-corrected chi connectivity index (χ1v) is 11.4. The number of anilines is 2. The van der Waals surface area contributed by atoms with E-state index in [1.54, 1.807) is 49.4 Å². The van der Waals surface area contributed by atoms with Gasteiger partial charge in [0.2, 0.25) is 0 Å². The fourth-order valence-electron chi connectivity index (χ4n) is 3.88. The number of methoxy groups -OCH3 is 2. The Balaban J connectivity index is 2.14.